The smallest absolute Gasteiger partial charge is 0.138 e. The van der Waals surface area contributed by atoms with Gasteiger partial charge in [-0.15, -0.1) is 0 Å². The van der Waals surface area contributed by atoms with Crippen LogP contribution in [0.15, 0.2) is 27.0 Å². The largest absolute Gasteiger partial charge is 0.461 e. The molecular formula is C15H17NO2. The lowest BCUT2D eigenvalue weighted by Crippen LogP contribution is -2.17. The second-order valence-electron chi connectivity index (χ2n) is 5.08. The molecule has 0 aliphatic rings. The van der Waals surface area contributed by atoms with Gasteiger partial charge >= 0.3 is 0 Å². The van der Waals surface area contributed by atoms with Crippen molar-refractivity contribution < 1.29 is 8.83 Å². The monoisotopic (exact) mass is 243 g/mol. The third kappa shape index (κ3) is 1.71. The summed E-state index contributed by atoms with van der Waals surface area (Å²) in [4.78, 5) is 0. The second kappa shape index (κ2) is 3.89. The van der Waals surface area contributed by atoms with Gasteiger partial charge in [0.25, 0.3) is 0 Å². The summed E-state index contributed by atoms with van der Waals surface area (Å²) in [5.41, 5.74) is 8.96. The maximum absolute atomic E-state index is 5.95. The number of hydrogen-bond acceptors (Lipinski definition) is 3. The number of fused-ring (bicyclic) bond motifs is 2. The van der Waals surface area contributed by atoms with Crippen molar-refractivity contribution in [3.8, 4) is 0 Å². The number of hydrogen-bond donors (Lipinski definition) is 1. The van der Waals surface area contributed by atoms with E-state index in [1.807, 2.05) is 32.9 Å². The summed E-state index contributed by atoms with van der Waals surface area (Å²) in [6, 6.07) is 6.24. The molecule has 3 aromatic rings. The van der Waals surface area contributed by atoms with E-state index in [2.05, 4.69) is 6.07 Å². The van der Waals surface area contributed by atoms with Crippen molar-refractivity contribution >= 4 is 21.9 Å². The van der Waals surface area contributed by atoms with Gasteiger partial charge in [0.2, 0.25) is 0 Å². The number of furan rings is 2. The maximum Gasteiger partial charge on any atom is 0.138 e. The van der Waals surface area contributed by atoms with Crippen molar-refractivity contribution in [2.75, 3.05) is 0 Å². The first-order valence-electron chi connectivity index (χ1n) is 6.22. The Kier molecular flexibility index (Phi) is 2.45. The topological polar surface area (TPSA) is 52.3 Å². The third-order valence-electron chi connectivity index (χ3n) is 3.18. The standard InChI is InChI=1S/C15H17NO2/c1-8(16)4-13-12-6-10(3)17-14(12)7-11-5-9(2)18-15(11)13/h5-8H,4,16H2,1-3H3. The highest BCUT2D eigenvalue weighted by Gasteiger charge is 2.15. The molecule has 2 N–H and O–H groups in total. The minimum Gasteiger partial charge on any atom is -0.461 e. The van der Waals surface area contributed by atoms with Crippen LogP contribution in [0.25, 0.3) is 21.9 Å². The van der Waals surface area contributed by atoms with Crippen molar-refractivity contribution in [3.05, 3.63) is 35.3 Å². The van der Waals surface area contributed by atoms with Gasteiger partial charge in [0.15, 0.2) is 0 Å². The predicted octanol–water partition coefficient (Wildman–Crippen LogP) is 3.69. The summed E-state index contributed by atoms with van der Waals surface area (Å²) >= 11 is 0. The molecule has 0 amide bonds. The van der Waals surface area contributed by atoms with Crippen molar-refractivity contribution in [3.63, 3.8) is 0 Å². The van der Waals surface area contributed by atoms with E-state index < -0.39 is 0 Å². The van der Waals surface area contributed by atoms with Crippen LogP contribution in [0.5, 0.6) is 0 Å². The van der Waals surface area contributed by atoms with Crippen molar-refractivity contribution in [1.29, 1.82) is 0 Å². The third-order valence-corrected chi connectivity index (χ3v) is 3.18. The highest BCUT2D eigenvalue weighted by atomic mass is 16.3. The van der Waals surface area contributed by atoms with E-state index in [1.165, 1.54) is 0 Å². The minimum atomic E-state index is 0.0967. The average molecular weight is 243 g/mol. The van der Waals surface area contributed by atoms with E-state index in [-0.39, 0.29) is 6.04 Å². The number of rotatable bonds is 2. The summed E-state index contributed by atoms with van der Waals surface area (Å²) in [6.07, 6.45) is 0.791. The zero-order chi connectivity index (χ0) is 12.9. The number of aryl methyl sites for hydroxylation is 2. The van der Waals surface area contributed by atoms with E-state index in [0.717, 1.165) is 45.4 Å². The molecule has 0 bridgehead atoms. The van der Waals surface area contributed by atoms with Crippen molar-refractivity contribution in [2.45, 2.75) is 33.2 Å². The molecule has 0 spiro atoms. The van der Waals surface area contributed by atoms with Crippen LogP contribution < -0.4 is 5.73 Å². The van der Waals surface area contributed by atoms with Crippen LogP contribution in [0.3, 0.4) is 0 Å². The molecule has 1 aromatic carbocycles. The van der Waals surface area contributed by atoms with Gasteiger partial charge in [-0.3, -0.25) is 0 Å². The van der Waals surface area contributed by atoms with E-state index in [4.69, 9.17) is 14.6 Å². The van der Waals surface area contributed by atoms with Crippen LogP contribution in [0.1, 0.15) is 24.0 Å². The second-order valence-corrected chi connectivity index (χ2v) is 5.08. The Labute approximate surface area is 106 Å². The molecular weight excluding hydrogens is 226 g/mol. The van der Waals surface area contributed by atoms with Crippen LogP contribution in [-0.4, -0.2) is 6.04 Å². The fourth-order valence-corrected chi connectivity index (χ4v) is 2.54. The van der Waals surface area contributed by atoms with Crippen molar-refractivity contribution in [2.24, 2.45) is 5.73 Å². The first-order valence-corrected chi connectivity index (χ1v) is 6.22. The molecule has 94 valence electrons. The highest BCUT2D eigenvalue weighted by Crippen LogP contribution is 2.33. The fourth-order valence-electron chi connectivity index (χ4n) is 2.54. The lowest BCUT2D eigenvalue weighted by molar-refractivity contribution is 0.570. The van der Waals surface area contributed by atoms with Gasteiger partial charge in [-0.05, 0) is 45.4 Å². The normalized spacial score (nSPS) is 13.6. The quantitative estimate of drug-likeness (QED) is 0.746. The fraction of sp³-hybridized carbons (Fsp3) is 0.333. The van der Waals surface area contributed by atoms with Gasteiger partial charge in [0.1, 0.15) is 22.7 Å². The van der Waals surface area contributed by atoms with E-state index in [0.29, 0.717) is 0 Å². The highest BCUT2D eigenvalue weighted by molar-refractivity contribution is 5.98. The van der Waals surface area contributed by atoms with Crippen LogP contribution >= 0.6 is 0 Å². The van der Waals surface area contributed by atoms with Gasteiger partial charge in [-0.1, -0.05) is 0 Å². The molecule has 1 atom stereocenters. The molecule has 3 rings (SSSR count). The molecule has 3 nitrogen and oxygen atoms in total. The Morgan fingerprint density at radius 2 is 1.83 bits per heavy atom. The van der Waals surface area contributed by atoms with E-state index in [9.17, 15) is 0 Å². The van der Waals surface area contributed by atoms with Crippen LogP contribution in [0.4, 0.5) is 0 Å². The van der Waals surface area contributed by atoms with E-state index in [1.54, 1.807) is 0 Å². The van der Waals surface area contributed by atoms with Gasteiger partial charge in [-0.2, -0.15) is 0 Å². The Morgan fingerprint density at radius 1 is 1.11 bits per heavy atom. The summed E-state index contributed by atoms with van der Waals surface area (Å²) in [7, 11) is 0. The summed E-state index contributed by atoms with van der Waals surface area (Å²) in [6.45, 7) is 5.93. The molecule has 2 heterocycles. The first-order chi connectivity index (χ1) is 8.54. The SMILES string of the molecule is Cc1cc2c(CC(C)N)c3oc(C)cc3cc2o1. The molecule has 0 radical (unpaired) electrons. The average Bonchev–Trinajstić information content (AvgIpc) is 2.79. The molecule has 0 saturated heterocycles. The molecule has 0 saturated carbocycles. The molecule has 0 fully saturated rings. The van der Waals surface area contributed by atoms with Gasteiger partial charge < -0.3 is 14.6 Å². The van der Waals surface area contributed by atoms with Crippen molar-refractivity contribution in [1.82, 2.24) is 0 Å². The molecule has 0 aliphatic carbocycles. The summed E-state index contributed by atoms with van der Waals surface area (Å²) in [5, 5.41) is 2.21. The Balaban J connectivity index is 2.39. The minimum absolute atomic E-state index is 0.0967. The molecule has 2 aromatic heterocycles. The summed E-state index contributed by atoms with van der Waals surface area (Å²) < 4.78 is 11.5. The number of nitrogens with two attached hydrogens (primary N) is 1. The Bertz CT molecular complexity index is 664. The lowest BCUT2D eigenvalue weighted by Gasteiger charge is -2.07. The van der Waals surface area contributed by atoms with Gasteiger partial charge in [-0.25, -0.2) is 0 Å². The Hall–Kier alpha value is -1.74. The van der Waals surface area contributed by atoms with E-state index >= 15 is 0 Å². The number of benzene rings is 1. The lowest BCUT2D eigenvalue weighted by atomic mass is 10.0. The molecule has 1 unspecified atom stereocenters. The Morgan fingerprint density at radius 3 is 2.56 bits per heavy atom. The first kappa shape index (κ1) is 11.4. The molecule has 18 heavy (non-hydrogen) atoms. The van der Waals surface area contributed by atoms with Crippen LogP contribution in [-0.2, 0) is 6.42 Å². The molecule has 0 aliphatic heterocycles. The van der Waals surface area contributed by atoms with Crippen LogP contribution in [0.2, 0.25) is 0 Å². The van der Waals surface area contributed by atoms with Crippen LogP contribution in [0, 0.1) is 13.8 Å². The maximum atomic E-state index is 5.95. The zero-order valence-electron chi connectivity index (χ0n) is 10.9. The zero-order valence-corrected chi connectivity index (χ0v) is 10.9. The van der Waals surface area contributed by atoms with Gasteiger partial charge in [0, 0.05) is 22.4 Å². The predicted molar refractivity (Wildman–Crippen MR) is 72.8 cm³/mol. The van der Waals surface area contributed by atoms with Gasteiger partial charge in [0.05, 0.1) is 0 Å². The summed E-state index contributed by atoms with van der Waals surface area (Å²) in [5.74, 6) is 1.83. The molecule has 3 heteroatoms.